The monoisotopic (exact) mass is 319 g/mol. The first-order valence-electron chi connectivity index (χ1n) is 7.84. The molecule has 2 nitrogen and oxygen atoms in total. The van der Waals surface area contributed by atoms with Gasteiger partial charge >= 0.3 is 0 Å². The van der Waals surface area contributed by atoms with Crippen LogP contribution in [0.5, 0.6) is 0 Å². The molecule has 1 aliphatic carbocycles. The normalized spacial score (nSPS) is 13.0. The van der Waals surface area contributed by atoms with Crippen LogP contribution in [0, 0.1) is 0 Å². The van der Waals surface area contributed by atoms with Gasteiger partial charge in [0, 0.05) is 10.4 Å². The lowest BCUT2D eigenvalue weighted by Gasteiger charge is -2.06. The molecule has 0 unspecified atom stereocenters. The van der Waals surface area contributed by atoms with Gasteiger partial charge in [-0.1, -0.05) is 54.6 Å². The molecule has 23 heavy (non-hydrogen) atoms. The van der Waals surface area contributed by atoms with Gasteiger partial charge in [-0.2, -0.15) is 0 Å². The van der Waals surface area contributed by atoms with Crippen LogP contribution in [0.2, 0.25) is 0 Å². The van der Waals surface area contributed by atoms with Crippen molar-refractivity contribution in [3.05, 3.63) is 76.2 Å². The fraction of sp³-hybridized carbons (Fsp3) is 0.150. The standard InChI is InChI=1S/C20H17NOS/c21-20-18(16-7-4-8-17(16)23-20)19(22)15-11-9-14(10-12-15)13-5-2-1-3-6-13/h1-3,5-6,9-12H,4,7-8,21H2. The van der Waals surface area contributed by atoms with Crippen LogP contribution < -0.4 is 5.73 Å². The van der Waals surface area contributed by atoms with Gasteiger partial charge in [0.1, 0.15) is 0 Å². The lowest BCUT2D eigenvalue weighted by molar-refractivity contribution is 0.103. The van der Waals surface area contributed by atoms with E-state index < -0.39 is 0 Å². The van der Waals surface area contributed by atoms with Crippen LogP contribution in [0.25, 0.3) is 11.1 Å². The maximum Gasteiger partial charge on any atom is 0.196 e. The van der Waals surface area contributed by atoms with Crippen LogP contribution in [0.15, 0.2) is 54.6 Å². The molecule has 114 valence electrons. The van der Waals surface area contributed by atoms with E-state index in [4.69, 9.17) is 5.73 Å². The molecule has 0 radical (unpaired) electrons. The highest BCUT2D eigenvalue weighted by Crippen LogP contribution is 2.38. The van der Waals surface area contributed by atoms with Crippen molar-refractivity contribution < 1.29 is 4.79 Å². The second-order valence-corrected chi connectivity index (χ2v) is 7.01. The Labute approximate surface area is 139 Å². The predicted molar refractivity (Wildman–Crippen MR) is 96.1 cm³/mol. The van der Waals surface area contributed by atoms with E-state index in [0.717, 1.165) is 36.0 Å². The summed E-state index contributed by atoms with van der Waals surface area (Å²) in [5.41, 5.74) is 11.0. The van der Waals surface area contributed by atoms with Crippen LogP contribution in [-0.4, -0.2) is 5.78 Å². The molecule has 1 aliphatic rings. The second kappa shape index (κ2) is 5.67. The smallest absolute Gasteiger partial charge is 0.196 e. The van der Waals surface area contributed by atoms with Gasteiger partial charge in [0.2, 0.25) is 0 Å². The lowest BCUT2D eigenvalue weighted by Crippen LogP contribution is -2.05. The molecule has 3 heteroatoms. The zero-order chi connectivity index (χ0) is 15.8. The number of fused-ring (bicyclic) bond motifs is 1. The molecule has 0 aliphatic heterocycles. The summed E-state index contributed by atoms with van der Waals surface area (Å²) in [7, 11) is 0. The van der Waals surface area contributed by atoms with Gasteiger partial charge in [-0.25, -0.2) is 0 Å². The van der Waals surface area contributed by atoms with Crippen molar-refractivity contribution in [3.8, 4) is 11.1 Å². The van der Waals surface area contributed by atoms with Crippen molar-refractivity contribution in [3.63, 3.8) is 0 Å². The summed E-state index contributed by atoms with van der Waals surface area (Å²) in [6.45, 7) is 0. The molecule has 1 heterocycles. The Morgan fingerprint density at radius 3 is 2.35 bits per heavy atom. The average Bonchev–Trinajstić information content (AvgIpc) is 3.15. The summed E-state index contributed by atoms with van der Waals surface area (Å²) in [6, 6.07) is 18.0. The van der Waals surface area contributed by atoms with E-state index in [0.29, 0.717) is 10.6 Å². The minimum atomic E-state index is 0.0570. The number of benzene rings is 2. The topological polar surface area (TPSA) is 43.1 Å². The van der Waals surface area contributed by atoms with Gasteiger partial charge in [0.25, 0.3) is 0 Å². The van der Waals surface area contributed by atoms with Gasteiger partial charge in [-0.15, -0.1) is 11.3 Å². The molecular weight excluding hydrogens is 302 g/mol. The second-order valence-electron chi connectivity index (χ2n) is 5.87. The number of hydrogen-bond acceptors (Lipinski definition) is 3. The van der Waals surface area contributed by atoms with Crippen molar-refractivity contribution in [1.29, 1.82) is 0 Å². The zero-order valence-corrected chi connectivity index (χ0v) is 13.5. The maximum absolute atomic E-state index is 12.9. The number of nitrogen functional groups attached to an aromatic ring is 1. The Morgan fingerprint density at radius 1 is 0.913 bits per heavy atom. The number of carbonyl (C=O) groups is 1. The van der Waals surface area contributed by atoms with Crippen molar-refractivity contribution in [2.45, 2.75) is 19.3 Å². The predicted octanol–water partition coefficient (Wildman–Crippen LogP) is 4.72. The SMILES string of the molecule is Nc1sc2c(c1C(=O)c1ccc(-c3ccccc3)cc1)CCC2. The maximum atomic E-state index is 12.9. The number of nitrogens with two attached hydrogens (primary N) is 1. The molecule has 2 N–H and O–H groups in total. The lowest BCUT2D eigenvalue weighted by atomic mass is 9.98. The van der Waals surface area contributed by atoms with Crippen molar-refractivity contribution in [1.82, 2.24) is 0 Å². The van der Waals surface area contributed by atoms with Crippen LogP contribution in [0.3, 0.4) is 0 Å². The first-order valence-corrected chi connectivity index (χ1v) is 8.66. The van der Waals surface area contributed by atoms with E-state index in [9.17, 15) is 4.79 Å². The molecule has 0 saturated carbocycles. The third kappa shape index (κ3) is 2.47. The molecule has 0 amide bonds. The fourth-order valence-electron chi connectivity index (χ4n) is 3.26. The summed E-state index contributed by atoms with van der Waals surface area (Å²) in [5, 5.41) is 0.673. The highest BCUT2D eigenvalue weighted by molar-refractivity contribution is 7.16. The Hall–Kier alpha value is -2.39. The van der Waals surface area contributed by atoms with Crippen LogP contribution in [0.4, 0.5) is 5.00 Å². The Kier molecular flexibility index (Phi) is 3.50. The summed E-state index contributed by atoms with van der Waals surface area (Å²) in [6.07, 6.45) is 3.17. The highest BCUT2D eigenvalue weighted by Gasteiger charge is 2.25. The molecular formula is C20H17NOS. The largest absolute Gasteiger partial charge is 0.390 e. The van der Waals surface area contributed by atoms with Crippen molar-refractivity contribution >= 4 is 22.1 Å². The number of hydrogen-bond donors (Lipinski definition) is 1. The van der Waals surface area contributed by atoms with Gasteiger partial charge in [-0.05, 0) is 36.0 Å². The number of aryl methyl sites for hydroxylation is 1. The Balaban J connectivity index is 1.68. The van der Waals surface area contributed by atoms with E-state index in [1.807, 2.05) is 42.5 Å². The quantitative estimate of drug-likeness (QED) is 0.710. The number of ketones is 1. The number of thiophene rings is 1. The molecule has 4 rings (SSSR count). The fourth-order valence-corrected chi connectivity index (χ4v) is 4.42. The minimum Gasteiger partial charge on any atom is -0.390 e. The number of rotatable bonds is 3. The summed E-state index contributed by atoms with van der Waals surface area (Å²) in [4.78, 5) is 14.2. The van der Waals surface area contributed by atoms with Crippen LogP contribution in [-0.2, 0) is 12.8 Å². The molecule has 1 aromatic heterocycles. The van der Waals surface area contributed by atoms with E-state index in [1.165, 1.54) is 10.4 Å². The van der Waals surface area contributed by atoms with Gasteiger partial charge in [0.15, 0.2) is 5.78 Å². The Bertz CT molecular complexity index is 863. The first-order chi connectivity index (χ1) is 11.2. The van der Waals surface area contributed by atoms with Crippen LogP contribution in [0.1, 0.15) is 32.8 Å². The van der Waals surface area contributed by atoms with Crippen molar-refractivity contribution in [2.24, 2.45) is 0 Å². The zero-order valence-electron chi connectivity index (χ0n) is 12.7. The minimum absolute atomic E-state index is 0.0570. The first kappa shape index (κ1) is 14.2. The van der Waals surface area contributed by atoms with Gasteiger partial charge < -0.3 is 5.73 Å². The van der Waals surface area contributed by atoms with Gasteiger partial charge in [0.05, 0.1) is 10.6 Å². The van der Waals surface area contributed by atoms with E-state index in [2.05, 4.69) is 12.1 Å². The molecule has 2 aromatic carbocycles. The van der Waals surface area contributed by atoms with Crippen molar-refractivity contribution in [2.75, 3.05) is 5.73 Å². The molecule has 3 aromatic rings. The summed E-state index contributed by atoms with van der Waals surface area (Å²) < 4.78 is 0. The summed E-state index contributed by atoms with van der Waals surface area (Å²) >= 11 is 1.58. The summed E-state index contributed by atoms with van der Waals surface area (Å²) in [5.74, 6) is 0.0570. The van der Waals surface area contributed by atoms with Crippen LogP contribution >= 0.6 is 11.3 Å². The van der Waals surface area contributed by atoms with E-state index in [-0.39, 0.29) is 5.78 Å². The number of anilines is 1. The van der Waals surface area contributed by atoms with Gasteiger partial charge in [-0.3, -0.25) is 4.79 Å². The highest BCUT2D eigenvalue weighted by atomic mass is 32.1. The number of carbonyl (C=O) groups excluding carboxylic acids is 1. The Morgan fingerprint density at radius 2 is 1.61 bits per heavy atom. The molecule has 0 atom stereocenters. The molecule has 0 spiro atoms. The third-order valence-electron chi connectivity index (χ3n) is 4.43. The average molecular weight is 319 g/mol. The molecule has 0 fully saturated rings. The molecule has 0 bridgehead atoms. The third-order valence-corrected chi connectivity index (χ3v) is 5.55. The van der Waals surface area contributed by atoms with E-state index in [1.54, 1.807) is 11.3 Å². The van der Waals surface area contributed by atoms with E-state index >= 15 is 0 Å². The molecule has 0 saturated heterocycles.